The third-order valence-electron chi connectivity index (χ3n) is 3.38. The molecule has 0 radical (unpaired) electrons. The van der Waals surface area contributed by atoms with Gasteiger partial charge in [0.25, 0.3) is 5.91 Å². The molecule has 1 heterocycles. The average molecular weight is 368 g/mol. The summed E-state index contributed by atoms with van der Waals surface area (Å²) in [4.78, 5) is 35.0. The van der Waals surface area contributed by atoms with Crippen molar-refractivity contribution in [1.29, 1.82) is 0 Å². The number of carbonyl (C=O) groups excluding carboxylic acids is 3. The molecule has 3 amide bonds. The highest BCUT2D eigenvalue weighted by atomic mass is 32.2. The summed E-state index contributed by atoms with van der Waals surface area (Å²) in [7, 11) is 0. The van der Waals surface area contributed by atoms with Crippen LogP contribution in [0.4, 0.5) is 4.79 Å². The molecule has 1 fully saturated rings. The van der Waals surface area contributed by atoms with Crippen molar-refractivity contribution in [3.8, 4) is 0 Å². The highest BCUT2D eigenvalue weighted by Gasteiger charge is 2.28. The van der Waals surface area contributed by atoms with E-state index in [1.54, 1.807) is 26.0 Å². The van der Waals surface area contributed by atoms with E-state index in [2.05, 4.69) is 0 Å². The van der Waals surface area contributed by atoms with Gasteiger partial charge in [-0.2, -0.15) is 0 Å². The van der Waals surface area contributed by atoms with Crippen molar-refractivity contribution < 1.29 is 19.1 Å². The molecule has 6 nitrogen and oxygen atoms in total. The maximum Gasteiger partial charge on any atom is 0.338 e. The zero-order valence-corrected chi connectivity index (χ0v) is 15.1. The molecule has 0 bridgehead atoms. The number of imide groups is 1. The van der Waals surface area contributed by atoms with Gasteiger partial charge in [0, 0.05) is 11.5 Å². The van der Waals surface area contributed by atoms with Crippen molar-refractivity contribution in [3.05, 3.63) is 35.4 Å². The third-order valence-corrected chi connectivity index (χ3v) is 6.49. The summed E-state index contributed by atoms with van der Waals surface area (Å²) in [6.07, 6.45) is -1.08. The lowest BCUT2D eigenvalue weighted by atomic mass is 10.1. The summed E-state index contributed by atoms with van der Waals surface area (Å²) in [6.45, 7) is 3.44. The van der Waals surface area contributed by atoms with E-state index in [1.807, 2.05) is 41.0 Å². The van der Waals surface area contributed by atoms with Gasteiger partial charge in [0.2, 0.25) is 0 Å². The Bertz CT molecular complexity index is 613. The lowest BCUT2D eigenvalue weighted by molar-refractivity contribution is -0.130. The molecule has 1 atom stereocenters. The van der Waals surface area contributed by atoms with Gasteiger partial charge in [0.05, 0.1) is 10.1 Å². The van der Waals surface area contributed by atoms with Crippen LogP contribution in [0.3, 0.4) is 0 Å². The number of carbonyl (C=O) groups is 3. The minimum absolute atomic E-state index is 0.293. The number of nitrogens with two attached hydrogens (primary N) is 1. The smallest absolute Gasteiger partial charge is 0.338 e. The second-order valence-corrected chi connectivity index (χ2v) is 8.34. The second kappa shape index (κ2) is 8.43. The highest BCUT2D eigenvalue weighted by molar-refractivity contribution is 8.19. The van der Waals surface area contributed by atoms with Crippen molar-refractivity contribution in [2.75, 3.05) is 11.5 Å². The Labute approximate surface area is 149 Å². The molecule has 3 N–H and O–H groups in total. The van der Waals surface area contributed by atoms with Crippen LogP contribution < -0.4 is 11.1 Å². The number of rotatable bonds is 5. The van der Waals surface area contributed by atoms with Crippen molar-refractivity contribution in [3.63, 3.8) is 0 Å². The topological polar surface area (TPSA) is 98.5 Å². The van der Waals surface area contributed by atoms with Gasteiger partial charge in [-0.1, -0.05) is 26.0 Å². The Morgan fingerprint density at radius 2 is 1.75 bits per heavy atom. The van der Waals surface area contributed by atoms with Gasteiger partial charge in [-0.15, -0.1) is 23.5 Å². The second-order valence-electron chi connectivity index (χ2n) is 5.62. The number of thioether (sulfide) groups is 2. The van der Waals surface area contributed by atoms with Crippen molar-refractivity contribution in [2.45, 2.75) is 24.5 Å². The summed E-state index contributed by atoms with van der Waals surface area (Å²) in [6, 6.07) is 6.22. The molecule has 0 aromatic heterocycles. The van der Waals surface area contributed by atoms with E-state index >= 15 is 0 Å². The molecular weight excluding hydrogens is 348 g/mol. The summed E-state index contributed by atoms with van der Waals surface area (Å²) in [5, 5.41) is 1.94. The number of esters is 1. The van der Waals surface area contributed by atoms with E-state index in [-0.39, 0.29) is 5.92 Å². The predicted molar refractivity (Wildman–Crippen MR) is 95.9 cm³/mol. The first-order chi connectivity index (χ1) is 11.4. The number of primary amides is 1. The monoisotopic (exact) mass is 368 g/mol. The number of hydrogen-bond donors (Lipinski definition) is 2. The molecule has 1 aliphatic rings. The molecule has 1 aliphatic heterocycles. The Balaban J connectivity index is 2.03. The van der Waals surface area contributed by atoms with Crippen LogP contribution in [0.25, 0.3) is 0 Å². The normalized spacial score (nSPS) is 16.0. The fourth-order valence-electron chi connectivity index (χ4n) is 2.20. The average Bonchev–Trinajstić information content (AvgIpc) is 3.05. The van der Waals surface area contributed by atoms with Crippen molar-refractivity contribution >= 4 is 41.4 Å². The first-order valence-electron chi connectivity index (χ1n) is 7.53. The van der Waals surface area contributed by atoms with Crippen LogP contribution in [-0.2, 0) is 9.53 Å². The van der Waals surface area contributed by atoms with E-state index in [9.17, 15) is 14.4 Å². The molecule has 0 aliphatic carbocycles. The summed E-state index contributed by atoms with van der Waals surface area (Å²) in [5.41, 5.74) is 6.46. The molecule has 0 saturated carbocycles. The third kappa shape index (κ3) is 4.91. The fraction of sp³-hybridized carbons (Fsp3) is 0.438. The minimum atomic E-state index is -1.08. The Morgan fingerprint density at radius 3 is 2.25 bits per heavy atom. The van der Waals surface area contributed by atoms with Crippen LogP contribution in [0.1, 0.15) is 34.4 Å². The minimum Gasteiger partial charge on any atom is -0.448 e. The standard InChI is InChI=1S/C16H20N2O4S2/c1-9(2)12(13(19)18-16(17)21)22-14(20)10-3-5-11(6-4-10)15-23-7-8-24-15/h3-6,9,12,15H,7-8H2,1-2H3,(H3,17,18,19,21)/t12-/m1/s1. The Morgan fingerprint density at radius 1 is 1.17 bits per heavy atom. The largest absolute Gasteiger partial charge is 0.448 e. The molecule has 0 unspecified atom stereocenters. The number of benzene rings is 1. The SMILES string of the molecule is CC(C)[C@@H](OC(=O)c1ccc(C2SCCS2)cc1)C(=O)NC(N)=O. The van der Waals surface area contributed by atoms with Gasteiger partial charge < -0.3 is 10.5 Å². The maximum absolute atomic E-state index is 12.3. The molecular formula is C16H20N2O4S2. The Kier molecular flexibility index (Phi) is 6.56. The van der Waals surface area contributed by atoms with E-state index in [0.29, 0.717) is 10.1 Å². The van der Waals surface area contributed by atoms with Gasteiger partial charge in [-0.25, -0.2) is 9.59 Å². The summed E-state index contributed by atoms with van der Waals surface area (Å²) < 4.78 is 5.66. The van der Waals surface area contributed by atoms with Gasteiger partial charge >= 0.3 is 12.0 Å². The van der Waals surface area contributed by atoms with E-state index < -0.39 is 24.0 Å². The fourth-order valence-corrected chi connectivity index (χ4v) is 5.05. The number of ether oxygens (including phenoxy) is 1. The molecule has 1 aromatic rings. The van der Waals surface area contributed by atoms with Gasteiger partial charge in [-0.05, 0) is 23.6 Å². The maximum atomic E-state index is 12.3. The molecule has 130 valence electrons. The van der Waals surface area contributed by atoms with Crippen molar-refractivity contribution in [2.24, 2.45) is 11.7 Å². The zero-order chi connectivity index (χ0) is 17.7. The van der Waals surface area contributed by atoms with Crippen molar-refractivity contribution in [1.82, 2.24) is 5.32 Å². The van der Waals surface area contributed by atoms with E-state index in [0.717, 1.165) is 17.1 Å². The van der Waals surface area contributed by atoms with Crippen LogP contribution in [0.2, 0.25) is 0 Å². The van der Waals surface area contributed by atoms with E-state index in [1.165, 1.54) is 0 Å². The lowest BCUT2D eigenvalue weighted by Gasteiger charge is -2.20. The van der Waals surface area contributed by atoms with Gasteiger partial charge in [-0.3, -0.25) is 10.1 Å². The van der Waals surface area contributed by atoms with Crippen LogP contribution in [0.15, 0.2) is 24.3 Å². The molecule has 24 heavy (non-hydrogen) atoms. The predicted octanol–water partition coefficient (Wildman–Crippen LogP) is 2.54. The van der Waals surface area contributed by atoms with Crippen LogP contribution in [0.5, 0.6) is 0 Å². The molecule has 1 saturated heterocycles. The number of amides is 3. The first-order valence-corrected chi connectivity index (χ1v) is 9.62. The van der Waals surface area contributed by atoms with Crippen LogP contribution in [0, 0.1) is 5.92 Å². The number of urea groups is 1. The molecule has 8 heteroatoms. The van der Waals surface area contributed by atoms with E-state index in [4.69, 9.17) is 10.5 Å². The molecule has 1 aromatic carbocycles. The lowest BCUT2D eigenvalue weighted by Crippen LogP contribution is -2.45. The zero-order valence-electron chi connectivity index (χ0n) is 13.5. The number of nitrogens with one attached hydrogen (secondary N) is 1. The van der Waals surface area contributed by atoms with Crippen LogP contribution in [-0.4, -0.2) is 35.5 Å². The number of hydrogen-bond acceptors (Lipinski definition) is 6. The van der Waals surface area contributed by atoms with Gasteiger partial charge in [0.15, 0.2) is 6.10 Å². The summed E-state index contributed by atoms with van der Waals surface area (Å²) in [5.74, 6) is 0.639. The molecule has 2 rings (SSSR count). The highest BCUT2D eigenvalue weighted by Crippen LogP contribution is 2.45. The summed E-state index contributed by atoms with van der Waals surface area (Å²) >= 11 is 3.77. The van der Waals surface area contributed by atoms with Gasteiger partial charge in [0.1, 0.15) is 0 Å². The molecule has 0 spiro atoms. The Hall–Kier alpha value is -1.67. The quantitative estimate of drug-likeness (QED) is 0.775. The first kappa shape index (κ1) is 18.7. The van der Waals surface area contributed by atoms with Crippen LogP contribution >= 0.6 is 23.5 Å².